The molecule has 2 heteroatoms. The molecule has 2 N–H and O–H groups in total. The quantitative estimate of drug-likeness (QED) is 0.859. The maximum atomic E-state index is 6.01. The van der Waals surface area contributed by atoms with Crippen LogP contribution in [0.25, 0.3) is 0 Å². The van der Waals surface area contributed by atoms with Crippen LogP contribution in [0.15, 0.2) is 24.3 Å². The van der Waals surface area contributed by atoms with E-state index >= 15 is 0 Å². The first kappa shape index (κ1) is 15.1. The molecule has 0 spiro atoms. The summed E-state index contributed by atoms with van der Waals surface area (Å²) in [5.74, 6) is 1.56. The van der Waals surface area contributed by atoms with Crippen LogP contribution in [0.4, 0.5) is 0 Å². The Kier molecular flexibility index (Phi) is 4.97. The van der Waals surface area contributed by atoms with Gasteiger partial charge in [0.2, 0.25) is 0 Å². The molecule has 2 fully saturated rings. The average molecular weight is 286 g/mol. The van der Waals surface area contributed by atoms with Crippen molar-refractivity contribution in [3.05, 3.63) is 35.4 Å². The normalized spacial score (nSPS) is 26.2. The van der Waals surface area contributed by atoms with Crippen molar-refractivity contribution in [3.63, 3.8) is 0 Å². The summed E-state index contributed by atoms with van der Waals surface area (Å²) in [4.78, 5) is 2.66. The zero-order chi connectivity index (χ0) is 14.7. The Morgan fingerprint density at radius 3 is 2.38 bits per heavy atom. The molecule has 3 rings (SSSR count). The summed E-state index contributed by atoms with van der Waals surface area (Å²) in [6.07, 6.45) is 8.17. The number of nitrogens with zero attached hydrogens (tertiary/aromatic N) is 1. The van der Waals surface area contributed by atoms with Crippen molar-refractivity contribution in [2.75, 3.05) is 13.1 Å². The molecule has 116 valence electrons. The molecule has 2 nitrogen and oxygen atoms in total. The van der Waals surface area contributed by atoms with Gasteiger partial charge in [-0.2, -0.15) is 0 Å². The molecular formula is C19H30N2. The predicted octanol–water partition coefficient (Wildman–Crippen LogP) is 3.90. The van der Waals surface area contributed by atoms with E-state index in [0.29, 0.717) is 12.0 Å². The molecule has 0 bridgehead atoms. The Morgan fingerprint density at radius 1 is 1.05 bits per heavy atom. The molecule has 2 aliphatic rings. The first-order valence-corrected chi connectivity index (χ1v) is 8.84. The highest BCUT2D eigenvalue weighted by atomic mass is 15.2. The number of rotatable bonds is 6. The van der Waals surface area contributed by atoms with Gasteiger partial charge in [0.05, 0.1) is 0 Å². The van der Waals surface area contributed by atoms with Gasteiger partial charge in [0.15, 0.2) is 0 Å². The summed E-state index contributed by atoms with van der Waals surface area (Å²) in [5.41, 5.74) is 9.01. The van der Waals surface area contributed by atoms with E-state index in [1.807, 2.05) is 0 Å². The van der Waals surface area contributed by atoms with E-state index in [2.05, 4.69) is 36.1 Å². The van der Waals surface area contributed by atoms with E-state index in [1.165, 1.54) is 44.1 Å². The molecule has 0 amide bonds. The zero-order valence-corrected chi connectivity index (χ0v) is 13.4. The summed E-state index contributed by atoms with van der Waals surface area (Å²) in [7, 11) is 0. The van der Waals surface area contributed by atoms with Gasteiger partial charge < -0.3 is 5.73 Å². The molecule has 2 aliphatic carbocycles. The molecule has 2 saturated carbocycles. The van der Waals surface area contributed by atoms with Crippen LogP contribution >= 0.6 is 0 Å². The van der Waals surface area contributed by atoms with Gasteiger partial charge in [-0.3, -0.25) is 4.90 Å². The third kappa shape index (κ3) is 3.67. The summed E-state index contributed by atoms with van der Waals surface area (Å²) >= 11 is 0. The number of hydrogen-bond donors (Lipinski definition) is 1. The van der Waals surface area contributed by atoms with Gasteiger partial charge in [0, 0.05) is 12.6 Å². The van der Waals surface area contributed by atoms with Crippen LogP contribution in [0.3, 0.4) is 0 Å². The average Bonchev–Trinajstić information content (AvgIpc) is 3.38. The highest BCUT2D eigenvalue weighted by Crippen LogP contribution is 2.40. The second-order valence-electron chi connectivity index (χ2n) is 6.93. The Morgan fingerprint density at radius 2 is 1.76 bits per heavy atom. The Labute approximate surface area is 129 Å². The molecular weight excluding hydrogens is 256 g/mol. The SMILES string of the molecule is CCN(Cc1ccc(C2CC2)cc1)C1CCCCC1CN. The topological polar surface area (TPSA) is 29.3 Å². The molecule has 0 aliphatic heterocycles. The van der Waals surface area contributed by atoms with Crippen LogP contribution in [0.1, 0.15) is 62.5 Å². The maximum absolute atomic E-state index is 6.01. The lowest BCUT2D eigenvalue weighted by Crippen LogP contribution is -2.44. The molecule has 0 saturated heterocycles. The van der Waals surface area contributed by atoms with E-state index in [1.54, 1.807) is 5.56 Å². The van der Waals surface area contributed by atoms with Crippen LogP contribution in [0, 0.1) is 5.92 Å². The standard InChI is InChI=1S/C19H30N2/c1-2-21(19-6-4-3-5-18(19)13-20)14-15-7-9-16(10-8-15)17-11-12-17/h7-10,17-19H,2-6,11-14,20H2,1H3. The van der Waals surface area contributed by atoms with Crippen molar-refractivity contribution < 1.29 is 0 Å². The van der Waals surface area contributed by atoms with Gasteiger partial charge in [-0.05, 0) is 61.7 Å². The molecule has 0 heterocycles. The van der Waals surface area contributed by atoms with E-state index in [0.717, 1.165) is 25.6 Å². The highest BCUT2D eigenvalue weighted by molar-refractivity contribution is 5.28. The Balaban J connectivity index is 1.64. The predicted molar refractivity (Wildman–Crippen MR) is 89.3 cm³/mol. The van der Waals surface area contributed by atoms with Crippen molar-refractivity contribution in [3.8, 4) is 0 Å². The van der Waals surface area contributed by atoms with E-state index in [4.69, 9.17) is 5.73 Å². The zero-order valence-electron chi connectivity index (χ0n) is 13.4. The molecule has 21 heavy (non-hydrogen) atoms. The van der Waals surface area contributed by atoms with Crippen molar-refractivity contribution >= 4 is 0 Å². The fourth-order valence-electron chi connectivity index (χ4n) is 3.95. The molecule has 2 unspecified atom stereocenters. The van der Waals surface area contributed by atoms with Gasteiger partial charge in [-0.25, -0.2) is 0 Å². The van der Waals surface area contributed by atoms with E-state index < -0.39 is 0 Å². The van der Waals surface area contributed by atoms with Gasteiger partial charge in [-0.15, -0.1) is 0 Å². The van der Waals surface area contributed by atoms with Gasteiger partial charge >= 0.3 is 0 Å². The van der Waals surface area contributed by atoms with E-state index in [-0.39, 0.29) is 0 Å². The Hall–Kier alpha value is -0.860. The first-order chi connectivity index (χ1) is 10.3. The lowest BCUT2D eigenvalue weighted by molar-refractivity contribution is 0.105. The van der Waals surface area contributed by atoms with Crippen molar-refractivity contribution in [2.45, 2.75) is 64.0 Å². The molecule has 1 aromatic carbocycles. The van der Waals surface area contributed by atoms with Crippen LogP contribution < -0.4 is 5.73 Å². The minimum atomic E-state index is 0.692. The second kappa shape index (κ2) is 6.93. The maximum Gasteiger partial charge on any atom is 0.0236 e. The number of benzene rings is 1. The third-order valence-electron chi connectivity index (χ3n) is 5.46. The summed E-state index contributed by atoms with van der Waals surface area (Å²) in [5, 5.41) is 0. The van der Waals surface area contributed by atoms with Crippen LogP contribution in [0.2, 0.25) is 0 Å². The van der Waals surface area contributed by atoms with Crippen molar-refractivity contribution in [2.24, 2.45) is 11.7 Å². The fraction of sp³-hybridized carbons (Fsp3) is 0.684. The smallest absolute Gasteiger partial charge is 0.0236 e. The molecule has 2 atom stereocenters. The molecule has 0 aromatic heterocycles. The molecule has 0 radical (unpaired) electrons. The minimum absolute atomic E-state index is 0.692. The number of nitrogens with two attached hydrogens (primary N) is 1. The third-order valence-corrected chi connectivity index (χ3v) is 5.46. The first-order valence-electron chi connectivity index (χ1n) is 8.84. The monoisotopic (exact) mass is 286 g/mol. The van der Waals surface area contributed by atoms with Crippen LogP contribution in [-0.2, 0) is 6.54 Å². The lowest BCUT2D eigenvalue weighted by Gasteiger charge is -2.39. The van der Waals surface area contributed by atoms with Gasteiger partial charge in [0.1, 0.15) is 0 Å². The second-order valence-corrected chi connectivity index (χ2v) is 6.93. The molecule has 1 aromatic rings. The van der Waals surface area contributed by atoms with Gasteiger partial charge in [0.25, 0.3) is 0 Å². The van der Waals surface area contributed by atoms with Gasteiger partial charge in [-0.1, -0.05) is 44.0 Å². The Bertz CT molecular complexity index is 435. The summed E-state index contributed by atoms with van der Waals surface area (Å²) in [6.45, 7) is 5.36. The van der Waals surface area contributed by atoms with Crippen molar-refractivity contribution in [1.29, 1.82) is 0 Å². The van der Waals surface area contributed by atoms with E-state index in [9.17, 15) is 0 Å². The van der Waals surface area contributed by atoms with Crippen LogP contribution in [0.5, 0.6) is 0 Å². The largest absolute Gasteiger partial charge is 0.330 e. The summed E-state index contributed by atoms with van der Waals surface area (Å²) in [6, 6.07) is 10.1. The number of hydrogen-bond acceptors (Lipinski definition) is 2. The highest BCUT2D eigenvalue weighted by Gasteiger charge is 2.28. The van der Waals surface area contributed by atoms with Crippen molar-refractivity contribution in [1.82, 2.24) is 4.90 Å². The van der Waals surface area contributed by atoms with Crippen LogP contribution in [-0.4, -0.2) is 24.0 Å². The lowest BCUT2D eigenvalue weighted by atomic mass is 9.83. The fourth-order valence-corrected chi connectivity index (χ4v) is 3.95. The summed E-state index contributed by atoms with van der Waals surface area (Å²) < 4.78 is 0. The minimum Gasteiger partial charge on any atom is -0.330 e.